The summed E-state index contributed by atoms with van der Waals surface area (Å²) in [5.41, 5.74) is 3.03. The molecular formula is C23H22BrN3O2S. The molecule has 0 spiro atoms. The van der Waals surface area contributed by atoms with E-state index >= 15 is 0 Å². The number of rotatable bonds is 6. The highest BCUT2D eigenvalue weighted by molar-refractivity contribution is 9.10. The number of carbonyl (C=O) groups excluding carboxylic acids is 2. The third kappa shape index (κ3) is 5.34. The number of amides is 2. The van der Waals surface area contributed by atoms with Gasteiger partial charge in [0.1, 0.15) is 5.01 Å². The number of nitrogens with one attached hydrogen (secondary N) is 2. The number of thiazole rings is 1. The van der Waals surface area contributed by atoms with Crippen LogP contribution < -0.4 is 10.6 Å². The third-order valence-corrected chi connectivity index (χ3v) is 6.52. The van der Waals surface area contributed by atoms with Crippen molar-refractivity contribution >= 4 is 44.8 Å². The third-order valence-electron chi connectivity index (χ3n) is 5.09. The molecule has 1 heterocycles. The Hall–Kier alpha value is -2.51. The van der Waals surface area contributed by atoms with E-state index in [1.54, 1.807) is 24.3 Å². The van der Waals surface area contributed by atoms with Gasteiger partial charge in [-0.1, -0.05) is 40.9 Å². The number of anilines is 1. The molecule has 1 aliphatic rings. The zero-order valence-electron chi connectivity index (χ0n) is 16.4. The van der Waals surface area contributed by atoms with Gasteiger partial charge in [0.2, 0.25) is 5.91 Å². The molecule has 2 amide bonds. The molecular weight excluding hydrogens is 462 g/mol. The van der Waals surface area contributed by atoms with Gasteiger partial charge < -0.3 is 10.6 Å². The summed E-state index contributed by atoms with van der Waals surface area (Å²) in [6.07, 6.45) is 4.67. The first-order valence-corrected chi connectivity index (χ1v) is 11.7. The average Bonchev–Trinajstić information content (AvgIpc) is 3.40. The SMILES string of the molecule is O=C(Cc1csc(-c2cccc(Br)c2)n1)Nc1ccc(C(=O)NC2CCCC2)cc1. The molecule has 154 valence electrons. The van der Waals surface area contributed by atoms with Crippen molar-refractivity contribution in [3.05, 3.63) is 69.6 Å². The molecule has 0 bridgehead atoms. The summed E-state index contributed by atoms with van der Waals surface area (Å²) in [4.78, 5) is 29.3. The van der Waals surface area contributed by atoms with Gasteiger partial charge in [-0.3, -0.25) is 9.59 Å². The lowest BCUT2D eigenvalue weighted by Gasteiger charge is -2.12. The second kappa shape index (κ2) is 9.53. The largest absolute Gasteiger partial charge is 0.349 e. The van der Waals surface area contributed by atoms with Crippen LogP contribution in [0, 0.1) is 0 Å². The molecule has 30 heavy (non-hydrogen) atoms. The lowest BCUT2D eigenvalue weighted by molar-refractivity contribution is -0.115. The fourth-order valence-corrected chi connectivity index (χ4v) is 4.77. The van der Waals surface area contributed by atoms with E-state index in [1.807, 2.05) is 29.6 Å². The molecule has 1 fully saturated rings. The van der Waals surface area contributed by atoms with Gasteiger partial charge in [0.25, 0.3) is 5.91 Å². The second-order valence-electron chi connectivity index (χ2n) is 7.41. The van der Waals surface area contributed by atoms with E-state index in [4.69, 9.17) is 0 Å². The first-order valence-electron chi connectivity index (χ1n) is 9.98. The van der Waals surface area contributed by atoms with Crippen LogP contribution in [-0.4, -0.2) is 22.8 Å². The second-order valence-corrected chi connectivity index (χ2v) is 9.19. The number of hydrogen-bond donors (Lipinski definition) is 2. The molecule has 2 N–H and O–H groups in total. The molecule has 0 saturated heterocycles. The van der Waals surface area contributed by atoms with Gasteiger partial charge in [0, 0.05) is 32.7 Å². The highest BCUT2D eigenvalue weighted by Crippen LogP contribution is 2.26. The quantitative estimate of drug-likeness (QED) is 0.491. The number of halogens is 1. The van der Waals surface area contributed by atoms with E-state index in [2.05, 4.69) is 31.5 Å². The van der Waals surface area contributed by atoms with Crippen LogP contribution in [0.25, 0.3) is 10.6 Å². The van der Waals surface area contributed by atoms with E-state index in [-0.39, 0.29) is 24.3 Å². The smallest absolute Gasteiger partial charge is 0.251 e. The minimum absolute atomic E-state index is 0.0534. The van der Waals surface area contributed by atoms with Gasteiger partial charge in [0.15, 0.2) is 0 Å². The topological polar surface area (TPSA) is 71.1 Å². The maximum absolute atomic E-state index is 12.4. The van der Waals surface area contributed by atoms with Crippen molar-refractivity contribution in [3.8, 4) is 10.6 Å². The van der Waals surface area contributed by atoms with E-state index in [9.17, 15) is 9.59 Å². The van der Waals surface area contributed by atoms with Crippen LogP contribution in [0.1, 0.15) is 41.7 Å². The summed E-state index contributed by atoms with van der Waals surface area (Å²) < 4.78 is 0.995. The molecule has 5 nitrogen and oxygen atoms in total. The first kappa shape index (κ1) is 20.8. The summed E-state index contributed by atoms with van der Waals surface area (Å²) in [5, 5.41) is 8.74. The maximum atomic E-state index is 12.4. The summed E-state index contributed by atoms with van der Waals surface area (Å²) in [5.74, 6) is -0.188. The van der Waals surface area contributed by atoms with Gasteiger partial charge in [-0.15, -0.1) is 11.3 Å². The lowest BCUT2D eigenvalue weighted by Crippen LogP contribution is -2.32. The summed E-state index contributed by atoms with van der Waals surface area (Å²) in [7, 11) is 0. The van der Waals surface area contributed by atoms with Crippen LogP contribution in [-0.2, 0) is 11.2 Å². The predicted molar refractivity (Wildman–Crippen MR) is 124 cm³/mol. The zero-order chi connectivity index (χ0) is 20.9. The van der Waals surface area contributed by atoms with Crippen LogP contribution in [0.2, 0.25) is 0 Å². The number of nitrogens with zero attached hydrogens (tertiary/aromatic N) is 1. The number of aromatic nitrogens is 1. The van der Waals surface area contributed by atoms with E-state index in [0.29, 0.717) is 11.3 Å². The van der Waals surface area contributed by atoms with Crippen LogP contribution in [0.5, 0.6) is 0 Å². The summed E-state index contributed by atoms with van der Waals surface area (Å²) in [6, 6.07) is 15.2. The Bertz CT molecular complexity index is 1040. The average molecular weight is 484 g/mol. The van der Waals surface area contributed by atoms with Crippen molar-refractivity contribution in [1.29, 1.82) is 0 Å². The van der Waals surface area contributed by atoms with E-state index < -0.39 is 0 Å². The number of benzene rings is 2. The zero-order valence-corrected chi connectivity index (χ0v) is 18.8. The molecule has 7 heteroatoms. The minimum Gasteiger partial charge on any atom is -0.349 e. The minimum atomic E-state index is -0.135. The number of carbonyl (C=O) groups is 2. The van der Waals surface area contributed by atoms with Crippen molar-refractivity contribution in [2.24, 2.45) is 0 Å². The molecule has 1 aromatic heterocycles. The van der Waals surface area contributed by atoms with Crippen molar-refractivity contribution in [2.45, 2.75) is 38.1 Å². The Morgan fingerprint density at radius 2 is 1.87 bits per heavy atom. The predicted octanol–water partition coefficient (Wildman–Crippen LogP) is 5.43. The molecule has 1 saturated carbocycles. The molecule has 0 atom stereocenters. The Morgan fingerprint density at radius 1 is 1.10 bits per heavy atom. The molecule has 0 unspecified atom stereocenters. The van der Waals surface area contributed by atoms with Gasteiger partial charge in [-0.05, 0) is 49.2 Å². The maximum Gasteiger partial charge on any atom is 0.251 e. The van der Waals surface area contributed by atoms with Crippen LogP contribution in [0.3, 0.4) is 0 Å². The van der Waals surface area contributed by atoms with Crippen LogP contribution in [0.4, 0.5) is 5.69 Å². The lowest BCUT2D eigenvalue weighted by atomic mass is 10.1. The Balaban J connectivity index is 1.32. The molecule has 3 aromatic rings. The standard InChI is InChI=1S/C23H22BrN3O2S/c24-17-5-3-4-16(12-17)23-27-20(14-30-23)13-21(28)25-19-10-8-15(9-11-19)22(29)26-18-6-1-2-7-18/h3-5,8-12,14,18H,1-2,6-7,13H2,(H,25,28)(H,26,29). The van der Waals surface area contributed by atoms with Crippen molar-refractivity contribution < 1.29 is 9.59 Å². The molecule has 0 radical (unpaired) electrons. The monoisotopic (exact) mass is 483 g/mol. The van der Waals surface area contributed by atoms with Crippen LogP contribution in [0.15, 0.2) is 58.4 Å². The molecule has 2 aromatic carbocycles. The normalized spacial score (nSPS) is 13.9. The fraction of sp³-hybridized carbons (Fsp3) is 0.261. The van der Waals surface area contributed by atoms with Crippen molar-refractivity contribution in [1.82, 2.24) is 10.3 Å². The molecule has 0 aliphatic heterocycles. The number of hydrogen-bond acceptors (Lipinski definition) is 4. The Kier molecular flexibility index (Phi) is 6.59. The van der Waals surface area contributed by atoms with Gasteiger partial charge in [0.05, 0.1) is 12.1 Å². The van der Waals surface area contributed by atoms with Crippen molar-refractivity contribution in [3.63, 3.8) is 0 Å². The fourth-order valence-electron chi connectivity index (χ4n) is 3.56. The van der Waals surface area contributed by atoms with Crippen LogP contribution >= 0.6 is 27.3 Å². The Morgan fingerprint density at radius 3 is 2.60 bits per heavy atom. The van der Waals surface area contributed by atoms with Crippen molar-refractivity contribution in [2.75, 3.05) is 5.32 Å². The summed E-state index contributed by atoms with van der Waals surface area (Å²) in [6.45, 7) is 0. The Labute approximate surface area is 188 Å². The van der Waals surface area contributed by atoms with Gasteiger partial charge in [-0.2, -0.15) is 0 Å². The van der Waals surface area contributed by atoms with Gasteiger partial charge >= 0.3 is 0 Å². The molecule has 4 rings (SSSR count). The highest BCUT2D eigenvalue weighted by Gasteiger charge is 2.18. The first-order chi connectivity index (χ1) is 14.6. The van der Waals surface area contributed by atoms with Gasteiger partial charge in [-0.25, -0.2) is 4.98 Å². The highest BCUT2D eigenvalue weighted by atomic mass is 79.9. The molecule has 1 aliphatic carbocycles. The van der Waals surface area contributed by atoms with E-state index in [0.717, 1.165) is 33.6 Å². The van der Waals surface area contributed by atoms with E-state index in [1.165, 1.54) is 24.2 Å². The summed E-state index contributed by atoms with van der Waals surface area (Å²) >= 11 is 4.99.